The van der Waals surface area contributed by atoms with Crippen LogP contribution in [0.5, 0.6) is 0 Å². The van der Waals surface area contributed by atoms with Gasteiger partial charge < -0.3 is 21.5 Å². The first kappa shape index (κ1) is 53.6. The van der Waals surface area contributed by atoms with Gasteiger partial charge in [-0.1, -0.05) is 30.3 Å². The molecule has 0 saturated carbocycles. The Hall–Kier alpha value is -10.2. The van der Waals surface area contributed by atoms with Crippen molar-refractivity contribution < 1.29 is 64.6 Å². The predicted octanol–water partition coefficient (Wildman–Crippen LogP) is 11.3. The summed E-state index contributed by atoms with van der Waals surface area (Å²) in [5, 5.41) is 16.5. The van der Waals surface area contributed by atoms with Gasteiger partial charge in [-0.15, -0.1) is 0 Å². The molecular formula is C55H38F7N7O7. The fourth-order valence-corrected chi connectivity index (χ4v) is 7.13. The van der Waals surface area contributed by atoms with E-state index >= 15 is 0 Å². The summed E-state index contributed by atoms with van der Waals surface area (Å²) in [5.74, 6) is -6.16. The molecule has 9 amide bonds. The van der Waals surface area contributed by atoms with Crippen molar-refractivity contribution in [2.45, 2.75) is 5.72 Å². The van der Waals surface area contributed by atoms with Gasteiger partial charge in [0, 0.05) is 28.3 Å². The third-order valence-corrected chi connectivity index (χ3v) is 10.8. The molecule has 2 fully saturated rings. The Balaban J connectivity index is 0.000000157. The number of hydrogen-bond acceptors (Lipinski definition) is 8. The van der Waals surface area contributed by atoms with Crippen molar-refractivity contribution in [3.63, 3.8) is 0 Å². The SMILES string of the molecule is Nc1ccc(F)cc1.O=C(Nc1ccc(F)cc1)Nc1ccc(F)cc1.O=C1C(=O)N(c2ccc(F)cc2)C(=O)N1c1ccc(F)cc1.O=C1N(c2ccc(F)cc2)C(=O)C(O)(c2ccccc2)N1c1ccc(F)cc1. The molecule has 76 heavy (non-hydrogen) atoms. The summed E-state index contributed by atoms with van der Waals surface area (Å²) in [6.45, 7) is 0. The van der Waals surface area contributed by atoms with Crippen LogP contribution in [0.1, 0.15) is 5.56 Å². The van der Waals surface area contributed by atoms with Crippen LogP contribution in [0, 0.1) is 40.7 Å². The maximum absolute atomic E-state index is 13.4. The molecule has 2 aliphatic rings. The number of anilines is 7. The number of nitrogens with zero attached hydrogens (tertiary/aromatic N) is 4. The maximum Gasteiger partial charge on any atom is 0.343 e. The third-order valence-electron chi connectivity index (χ3n) is 10.8. The van der Waals surface area contributed by atoms with E-state index in [0.717, 1.165) is 58.3 Å². The second kappa shape index (κ2) is 23.6. The van der Waals surface area contributed by atoms with Gasteiger partial charge in [0.25, 0.3) is 11.6 Å². The van der Waals surface area contributed by atoms with Crippen molar-refractivity contribution in [2.75, 3.05) is 36.0 Å². The van der Waals surface area contributed by atoms with Gasteiger partial charge in [-0.3, -0.25) is 19.3 Å². The lowest BCUT2D eigenvalue weighted by Crippen LogP contribution is -2.47. The standard InChI is InChI=1S/C21H14F2N2O3.C15H8F2N2O3.C13H10F2N2O.C6H6FN/c22-15-6-10-17(11-7-15)24-19(26)21(28,14-4-2-1-3-5-14)25(20(24)27)18-12-8-16(23)9-13-18;16-9-1-5-11(6-2-9)18-13(20)14(21)19(15(18)22)12-7-3-10(17)4-8-12;14-9-1-5-11(6-2-9)16-13(18)17-12-7-3-10(15)4-8-12;7-5-1-3-6(8)4-2-5/h1-13,28H;1-8H;1-8H,(H2,16,17,18);1-4H,8H2. The molecule has 10 rings (SSSR count). The quantitative estimate of drug-likeness (QED) is 0.0526. The molecule has 1 atom stereocenters. The van der Waals surface area contributed by atoms with Crippen molar-refractivity contribution in [3.8, 4) is 0 Å². The zero-order chi connectivity index (χ0) is 54.7. The normalized spacial score (nSPS) is 14.8. The third kappa shape index (κ3) is 12.5. The molecule has 2 aliphatic heterocycles. The Morgan fingerprint density at radius 2 is 0.697 bits per heavy atom. The number of hydrogen-bond donors (Lipinski definition) is 4. The van der Waals surface area contributed by atoms with Crippen LogP contribution >= 0.6 is 0 Å². The minimum absolute atomic E-state index is 0.0781. The van der Waals surface area contributed by atoms with Crippen molar-refractivity contribution in [1.82, 2.24) is 0 Å². The van der Waals surface area contributed by atoms with Gasteiger partial charge in [-0.05, 0) is 170 Å². The summed E-state index contributed by atoms with van der Waals surface area (Å²) < 4.78 is 89.8. The van der Waals surface area contributed by atoms with Gasteiger partial charge in [0.1, 0.15) is 40.7 Å². The van der Waals surface area contributed by atoms with Crippen molar-refractivity contribution in [1.29, 1.82) is 0 Å². The monoisotopic (exact) mass is 1040 g/mol. The first-order valence-electron chi connectivity index (χ1n) is 22.2. The van der Waals surface area contributed by atoms with E-state index in [4.69, 9.17) is 5.73 Å². The Morgan fingerprint density at radius 1 is 0.395 bits per heavy atom. The van der Waals surface area contributed by atoms with Crippen molar-refractivity contribution in [3.05, 3.63) is 246 Å². The van der Waals surface area contributed by atoms with E-state index in [2.05, 4.69) is 10.6 Å². The highest BCUT2D eigenvalue weighted by Crippen LogP contribution is 2.41. The number of halogens is 7. The van der Waals surface area contributed by atoms with E-state index in [0.29, 0.717) is 26.9 Å². The number of benzene rings is 8. The summed E-state index contributed by atoms with van der Waals surface area (Å²) in [6.07, 6.45) is 0. The molecule has 8 aromatic rings. The fourth-order valence-electron chi connectivity index (χ4n) is 7.13. The molecule has 2 heterocycles. The predicted molar refractivity (Wildman–Crippen MR) is 268 cm³/mol. The summed E-state index contributed by atoms with van der Waals surface area (Å²) >= 11 is 0. The molecule has 14 nitrogen and oxygen atoms in total. The number of amides is 9. The Morgan fingerprint density at radius 3 is 1.04 bits per heavy atom. The number of carbonyl (C=O) groups excluding carboxylic acids is 6. The lowest BCUT2D eigenvalue weighted by molar-refractivity contribution is -0.133. The molecule has 0 aliphatic carbocycles. The van der Waals surface area contributed by atoms with Gasteiger partial charge >= 0.3 is 29.9 Å². The minimum atomic E-state index is -2.34. The van der Waals surface area contributed by atoms with Crippen molar-refractivity contribution >= 4 is 75.6 Å². The second-order valence-corrected chi connectivity index (χ2v) is 15.9. The van der Waals surface area contributed by atoms with Crippen LogP contribution in [-0.2, 0) is 20.1 Å². The van der Waals surface area contributed by atoms with Gasteiger partial charge in [0.05, 0.1) is 17.1 Å². The van der Waals surface area contributed by atoms with Gasteiger partial charge in [-0.25, -0.2) is 59.8 Å². The lowest BCUT2D eigenvalue weighted by atomic mass is 10.0. The molecule has 0 radical (unpaired) electrons. The number of nitrogen functional groups attached to an aromatic ring is 1. The van der Waals surface area contributed by atoms with Gasteiger partial charge in [0.15, 0.2) is 0 Å². The smallest absolute Gasteiger partial charge is 0.343 e. The van der Waals surface area contributed by atoms with E-state index in [1.54, 1.807) is 18.2 Å². The van der Waals surface area contributed by atoms with E-state index in [-0.39, 0.29) is 45.8 Å². The second-order valence-electron chi connectivity index (χ2n) is 15.9. The summed E-state index contributed by atoms with van der Waals surface area (Å²) in [4.78, 5) is 77.2. The number of carbonyl (C=O) groups is 6. The van der Waals surface area contributed by atoms with Crippen LogP contribution in [0.4, 0.5) is 84.9 Å². The topological polar surface area (TPSA) is 186 Å². The molecule has 0 spiro atoms. The molecule has 0 aromatic heterocycles. The number of nitrogens with two attached hydrogens (primary N) is 1. The van der Waals surface area contributed by atoms with Crippen LogP contribution in [0.2, 0.25) is 0 Å². The maximum atomic E-state index is 13.4. The molecule has 5 N–H and O–H groups in total. The van der Waals surface area contributed by atoms with E-state index in [1.165, 1.54) is 133 Å². The number of aliphatic hydroxyl groups is 1. The van der Waals surface area contributed by atoms with Gasteiger partial charge in [-0.2, -0.15) is 0 Å². The van der Waals surface area contributed by atoms with Crippen LogP contribution in [-0.4, -0.2) is 40.9 Å². The molecule has 0 bridgehead atoms. The number of urea groups is 3. The van der Waals surface area contributed by atoms with Crippen LogP contribution in [0.3, 0.4) is 0 Å². The Kier molecular flexibility index (Phi) is 16.7. The van der Waals surface area contributed by atoms with E-state index < -0.39 is 64.8 Å². The number of rotatable bonds is 7. The summed E-state index contributed by atoms with van der Waals surface area (Å²) in [7, 11) is 0. The minimum Gasteiger partial charge on any atom is -0.399 e. The molecule has 384 valence electrons. The zero-order valence-corrected chi connectivity index (χ0v) is 39.0. The first-order valence-corrected chi connectivity index (χ1v) is 22.2. The van der Waals surface area contributed by atoms with E-state index in [1.807, 2.05) is 0 Å². The van der Waals surface area contributed by atoms with Crippen LogP contribution < -0.4 is 36.0 Å². The summed E-state index contributed by atoms with van der Waals surface area (Å²) in [6, 6.07) is 40.9. The highest BCUT2D eigenvalue weighted by molar-refractivity contribution is 6.60. The Labute approximate surface area is 427 Å². The van der Waals surface area contributed by atoms with Crippen molar-refractivity contribution in [2.24, 2.45) is 0 Å². The van der Waals surface area contributed by atoms with Crippen LogP contribution in [0.15, 0.2) is 200 Å². The first-order chi connectivity index (χ1) is 36.3. The average Bonchev–Trinajstić information content (AvgIpc) is 3.76. The largest absolute Gasteiger partial charge is 0.399 e. The van der Waals surface area contributed by atoms with Gasteiger partial charge in [0.2, 0.25) is 0 Å². The number of nitrogens with one attached hydrogen (secondary N) is 2. The molecule has 8 aromatic carbocycles. The Bertz CT molecular complexity index is 3230. The molecule has 2 saturated heterocycles. The zero-order valence-electron chi connectivity index (χ0n) is 39.0. The molecule has 1 unspecified atom stereocenters. The van der Waals surface area contributed by atoms with Crippen LogP contribution in [0.25, 0.3) is 0 Å². The molecule has 21 heteroatoms. The highest BCUT2D eigenvalue weighted by atomic mass is 19.2. The average molecular weight is 1040 g/mol. The number of imide groups is 3. The van der Waals surface area contributed by atoms with E-state index in [9.17, 15) is 64.6 Å². The highest BCUT2D eigenvalue weighted by Gasteiger charge is 2.59. The fraction of sp³-hybridized carbons (Fsp3) is 0.0182. The summed E-state index contributed by atoms with van der Waals surface area (Å²) in [5.41, 5.74) is 5.01. The lowest BCUT2D eigenvalue weighted by Gasteiger charge is -2.30. The molecular weight excluding hydrogens is 1000 g/mol.